The summed E-state index contributed by atoms with van der Waals surface area (Å²) in [4.78, 5) is 0.266. The fraction of sp³-hybridized carbons (Fsp3) is 0.571. The molecule has 5 heteroatoms. The molecule has 1 fully saturated rings. The van der Waals surface area contributed by atoms with Crippen LogP contribution in [0.2, 0.25) is 0 Å². The highest BCUT2D eigenvalue weighted by atomic mass is 32.2. The third kappa shape index (κ3) is 3.55. The van der Waals surface area contributed by atoms with E-state index >= 15 is 0 Å². The molecule has 19 heavy (non-hydrogen) atoms. The van der Waals surface area contributed by atoms with Crippen LogP contribution in [-0.4, -0.2) is 25.7 Å². The molecular formula is C14H21NO3S. The number of nitrogens with one attached hydrogen (secondary N) is 1. The molecule has 0 unspecified atom stereocenters. The summed E-state index contributed by atoms with van der Waals surface area (Å²) in [5, 5.41) is 9.83. The van der Waals surface area contributed by atoms with Gasteiger partial charge in [0.1, 0.15) is 0 Å². The second kappa shape index (κ2) is 6.03. The van der Waals surface area contributed by atoms with E-state index in [4.69, 9.17) is 0 Å². The lowest BCUT2D eigenvalue weighted by molar-refractivity contribution is 0.101. The Kier molecular flexibility index (Phi) is 4.60. The lowest BCUT2D eigenvalue weighted by Gasteiger charge is -2.28. The van der Waals surface area contributed by atoms with E-state index in [0.717, 1.165) is 24.8 Å². The SMILES string of the molecule is CCc1ccc(S(=O)(=O)N[C@@H]2CCCC[C@H]2O)cc1. The Bertz CT molecular complexity index is 510. The highest BCUT2D eigenvalue weighted by Crippen LogP contribution is 2.20. The molecule has 0 bridgehead atoms. The van der Waals surface area contributed by atoms with Gasteiger partial charge in [-0.05, 0) is 37.0 Å². The Balaban J connectivity index is 2.12. The molecule has 2 N–H and O–H groups in total. The Morgan fingerprint density at radius 2 is 1.84 bits per heavy atom. The van der Waals surface area contributed by atoms with E-state index in [1.807, 2.05) is 19.1 Å². The first-order valence-electron chi connectivity index (χ1n) is 6.82. The van der Waals surface area contributed by atoms with E-state index < -0.39 is 16.1 Å². The van der Waals surface area contributed by atoms with Crippen molar-refractivity contribution in [1.82, 2.24) is 4.72 Å². The number of benzene rings is 1. The van der Waals surface area contributed by atoms with Gasteiger partial charge in [0.2, 0.25) is 10.0 Å². The number of aliphatic hydroxyl groups excluding tert-OH is 1. The van der Waals surface area contributed by atoms with E-state index in [9.17, 15) is 13.5 Å². The molecule has 106 valence electrons. The van der Waals surface area contributed by atoms with Crippen LogP contribution in [0.1, 0.15) is 38.2 Å². The molecular weight excluding hydrogens is 262 g/mol. The van der Waals surface area contributed by atoms with Crippen molar-refractivity contribution < 1.29 is 13.5 Å². The van der Waals surface area contributed by atoms with Crippen LogP contribution in [0.15, 0.2) is 29.2 Å². The Labute approximate surface area is 114 Å². The van der Waals surface area contributed by atoms with Crippen LogP contribution < -0.4 is 4.72 Å². The molecule has 0 heterocycles. The Morgan fingerprint density at radius 3 is 2.42 bits per heavy atom. The lowest BCUT2D eigenvalue weighted by atomic mass is 9.93. The fourth-order valence-corrected chi connectivity index (χ4v) is 3.72. The molecule has 1 aromatic rings. The zero-order valence-electron chi connectivity index (χ0n) is 11.2. The van der Waals surface area contributed by atoms with Gasteiger partial charge in [0, 0.05) is 6.04 Å². The predicted molar refractivity (Wildman–Crippen MR) is 74.4 cm³/mol. The molecule has 0 spiro atoms. The van der Waals surface area contributed by atoms with Gasteiger partial charge in [0.15, 0.2) is 0 Å². The second-order valence-corrected chi connectivity index (χ2v) is 6.79. The summed E-state index contributed by atoms with van der Waals surface area (Å²) in [6.45, 7) is 2.03. The molecule has 0 radical (unpaired) electrons. The average Bonchev–Trinajstić information content (AvgIpc) is 2.41. The Hall–Kier alpha value is -0.910. The molecule has 0 amide bonds. The van der Waals surface area contributed by atoms with Crippen LogP contribution in [0.25, 0.3) is 0 Å². The van der Waals surface area contributed by atoms with Crippen molar-refractivity contribution in [1.29, 1.82) is 0 Å². The van der Waals surface area contributed by atoms with Crippen molar-refractivity contribution in [3.63, 3.8) is 0 Å². The number of sulfonamides is 1. The maximum absolute atomic E-state index is 12.2. The van der Waals surface area contributed by atoms with Gasteiger partial charge < -0.3 is 5.11 Å². The van der Waals surface area contributed by atoms with Gasteiger partial charge in [0.25, 0.3) is 0 Å². The summed E-state index contributed by atoms with van der Waals surface area (Å²) < 4.78 is 27.1. The first kappa shape index (κ1) is 14.5. The summed E-state index contributed by atoms with van der Waals surface area (Å²) in [6.07, 6.45) is 3.60. The summed E-state index contributed by atoms with van der Waals surface area (Å²) in [6, 6.07) is 6.54. The van der Waals surface area contributed by atoms with Crippen molar-refractivity contribution in [3.8, 4) is 0 Å². The highest BCUT2D eigenvalue weighted by Gasteiger charge is 2.27. The molecule has 0 saturated heterocycles. The zero-order chi connectivity index (χ0) is 13.9. The number of rotatable bonds is 4. The van der Waals surface area contributed by atoms with E-state index in [1.54, 1.807) is 12.1 Å². The van der Waals surface area contributed by atoms with E-state index in [-0.39, 0.29) is 10.9 Å². The minimum Gasteiger partial charge on any atom is -0.391 e. The van der Waals surface area contributed by atoms with Crippen molar-refractivity contribution >= 4 is 10.0 Å². The molecule has 2 atom stereocenters. The smallest absolute Gasteiger partial charge is 0.240 e. The summed E-state index contributed by atoms with van der Waals surface area (Å²) >= 11 is 0. The molecule has 1 aliphatic carbocycles. The molecule has 4 nitrogen and oxygen atoms in total. The van der Waals surface area contributed by atoms with Crippen molar-refractivity contribution in [2.75, 3.05) is 0 Å². The summed E-state index contributed by atoms with van der Waals surface area (Å²) in [5.74, 6) is 0. The van der Waals surface area contributed by atoms with E-state index in [2.05, 4.69) is 4.72 Å². The van der Waals surface area contributed by atoms with Crippen LogP contribution in [0.5, 0.6) is 0 Å². The number of hydrogen-bond acceptors (Lipinski definition) is 3. The summed E-state index contributed by atoms with van der Waals surface area (Å²) in [7, 11) is -3.53. The molecule has 2 rings (SSSR count). The van der Waals surface area contributed by atoms with Gasteiger partial charge in [0.05, 0.1) is 11.0 Å². The maximum Gasteiger partial charge on any atom is 0.240 e. The maximum atomic E-state index is 12.2. The van der Waals surface area contributed by atoms with Crippen LogP contribution in [0.3, 0.4) is 0 Å². The third-order valence-electron chi connectivity index (χ3n) is 3.68. The molecule has 1 aliphatic rings. The largest absolute Gasteiger partial charge is 0.391 e. The van der Waals surface area contributed by atoms with Gasteiger partial charge in [-0.1, -0.05) is 31.9 Å². The van der Waals surface area contributed by atoms with Gasteiger partial charge in [-0.25, -0.2) is 13.1 Å². The molecule has 0 aliphatic heterocycles. The highest BCUT2D eigenvalue weighted by molar-refractivity contribution is 7.89. The minimum absolute atomic E-state index is 0.266. The van der Waals surface area contributed by atoms with Gasteiger partial charge >= 0.3 is 0 Å². The number of aryl methyl sites for hydroxylation is 1. The van der Waals surface area contributed by atoms with Crippen molar-refractivity contribution in [2.24, 2.45) is 0 Å². The number of hydrogen-bond donors (Lipinski definition) is 2. The lowest BCUT2D eigenvalue weighted by Crippen LogP contribution is -2.44. The average molecular weight is 283 g/mol. The summed E-state index contributed by atoms with van der Waals surface area (Å²) in [5.41, 5.74) is 1.11. The Morgan fingerprint density at radius 1 is 1.21 bits per heavy atom. The first-order chi connectivity index (χ1) is 9.03. The predicted octanol–water partition coefficient (Wildman–Crippen LogP) is 1.83. The second-order valence-electron chi connectivity index (χ2n) is 5.08. The minimum atomic E-state index is -3.53. The van der Waals surface area contributed by atoms with Crippen LogP contribution >= 0.6 is 0 Å². The standard InChI is InChI=1S/C14H21NO3S/c1-2-11-7-9-12(10-8-11)19(17,18)15-13-5-3-4-6-14(13)16/h7-10,13-16H,2-6H2,1H3/t13-,14-/m1/s1. The molecule has 1 saturated carbocycles. The van der Waals surface area contributed by atoms with Gasteiger partial charge in [-0.2, -0.15) is 0 Å². The molecule has 1 aromatic carbocycles. The normalized spacial score (nSPS) is 24.3. The van der Waals surface area contributed by atoms with Crippen LogP contribution in [-0.2, 0) is 16.4 Å². The first-order valence-corrected chi connectivity index (χ1v) is 8.30. The van der Waals surface area contributed by atoms with Gasteiger partial charge in [-0.3, -0.25) is 0 Å². The van der Waals surface area contributed by atoms with Crippen molar-refractivity contribution in [2.45, 2.75) is 56.1 Å². The van der Waals surface area contributed by atoms with Gasteiger partial charge in [-0.15, -0.1) is 0 Å². The zero-order valence-corrected chi connectivity index (χ0v) is 12.0. The van der Waals surface area contributed by atoms with Crippen molar-refractivity contribution in [3.05, 3.63) is 29.8 Å². The van der Waals surface area contributed by atoms with E-state index in [0.29, 0.717) is 12.8 Å². The number of aliphatic hydroxyl groups is 1. The molecule has 0 aromatic heterocycles. The topological polar surface area (TPSA) is 66.4 Å². The monoisotopic (exact) mass is 283 g/mol. The van der Waals surface area contributed by atoms with Crippen LogP contribution in [0.4, 0.5) is 0 Å². The van der Waals surface area contributed by atoms with E-state index in [1.165, 1.54) is 0 Å². The fourth-order valence-electron chi connectivity index (χ4n) is 2.42. The van der Waals surface area contributed by atoms with Crippen LogP contribution in [0, 0.1) is 0 Å². The third-order valence-corrected chi connectivity index (χ3v) is 5.18. The quantitative estimate of drug-likeness (QED) is 0.886.